The number of ketones is 1. The number of benzene rings is 1. The van der Waals surface area contributed by atoms with E-state index in [2.05, 4.69) is 24.1 Å². The summed E-state index contributed by atoms with van der Waals surface area (Å²) in [5, 5.41) is 2.85. The molecule has 0 aliphatic carbocycles. The number of nitrogens with zero attached hydrogens (tertiary/aromatic N) is 1. The third kappa shape index (κ3) is 5.53. The Morgan fingerprint density at radius 1 is 1.15 bits per heavy atom. The molecule has 0 radical (unpaired) electrons. The second-order valence-electron chi connectivity index (χ2n) is 4.96. The van der Waals surface area contributed by atoms with Crippen LogP contribution in [-0.2, 0) is 4.79 Å². The number of carbonyl (C=O) groups excluding carboxylic acids is 2. The maximum Gasteiger partial charge on any atom is 0.238 e. The SMILES string of the molecule is CCCN(CCC)CC(=O)Nc1cccc(C(C)=O)c1. The molecule has 0 heterocycles. The number of amides is 1. The second-order valence-corrected chi connectivity index (χ2v) is 4.96. The minimum Gasteiger partial charge on any atom is -0.325 e. The van der Waals surface area contributed by atoms with Crippen LogP contribution in [0.5, 0.6) is 0 Å². The standard InChI is InChI=1S/C16H24N2O2/c1-4-9-18(10-5-2)12-16(20)17-15-8-6-7-14(11-15)13(3)19/h6-8,11H,4-5,9-10,12H2,1-3H3,(H,17,20). The molecule has 1 aromatic carbocycles. The highest BCUT2D eigenvalue weighted by molar-refractivity contribution is 5.97. The molecule has 4 heteroatoms. The fourth-order valence-corrected chi connectivity index (χ4v) is 2.12. The van der Waals surface area contributed by atoms with Crippen molar-refractivity contribution in [3.05, 3.63) is 29.8 Å². The first-order chi connectivity index (χ1) is 9.56. The minimum atomic E-state index is -0.0346. The van der Waals surface area contributed by atoms with E-state index in [-0.39, 0.29) is 11.7 Å². The van der Waals surface area contributed by atoms with Crippen molar-refractivity contribution in [2.75, 3.05) is 25.0 Å². The first-order valence-corrected chi connectivity index (χ1v) is 7.20. The third-order valence-electron chi connectivity index (χ3n) is 3.00. The predicted octanol–water partition coefficient (Wildman–Crippen LogP) is 2.95. The van der Waals surface area contributed by atoms with Gasteiger partial charge in [0.25, 0.3) is 0 Å². The first kappa shape index (κ1) is 16.4. The number of Topliss-reactive ketones (excluding diaryl/α,β-unsaturated/α-hetero) is 1. The van der Waals surface area contributed by atoms with Gasteiger partial charge in [-0.15, -0.1) is 0 Å². The monoisotopic (exact) mass is 276 g/mol. The highest BCUT2D eigenvalue weighted by atomic mass is 16.2. The lowest BCUT2D eigenvalue weighted by Gasteiger charge is -2.20. The lowest BCUT2D eigenvalue weighted by atomic mass is 10.1. The fraction of sp³-hybridized carbons (Fsp3) is 0.500. The zero-order valence-corrected chi connectivity index (χ0v) is 12.6. The Morgan fingerprint density at radius 2 is 1.80 bits per heavy atom. The molecule has 0 saturated carbocycles. The van der Waals surface area contributed by atoms with Gasteiger partial charge in [-0.05, 0) is 45.0 Å². The average molecular weight is 276 g/mol. The average Bonchev–Trinajstić information content (AvgIpc) is 2.39. The van der Waals surface area contributed by atoms with E-state index in [0.29, 0.717) is 17.8 Å². The van der Waals surface area contributed by atoms with Crippen molar-refractivity contribution in [1.29, 1.82) is 0 Å². The largest absolute Gasteiger partial charge is 0.325 e. The topological polar surface area (TPSA) is 49.4 Å². The van der Waals surface area contributed by atoms with Gasteiger partial charge in [-0.1, -0.05) is 26.0 Å². The molecule has 0 unspecified atom stereocenters. The van der Waals surface area contributed by atoms with E-state index in [1.54, 1.807) is 24.3 Å². The van der Waals surface area contributed by atoms with Crippen LogP contribution in [0.2, 0.25) is 0 Å². The van der Waals surface area contributed by atoms with Crippen molar-refractivity contribution in [3.8, 4) is 0 Å². The van der Waals surface area contributed by atoms with E-state index in [0.717, 1.165) is 25.9 Å². The van der Waals surface area contributed by atoms with Crippen LogP contribution >= 0.6 is 0 Å². The Bertz CT molecular complexity index is 452. The molecule has 0 fully saturated rings. The second kappa shape index (κ2) is 8.48. The van der Waals surface area contributed by atoms with Crippen molar-refractivity contribution in [2.45, 2.75) is 33.6 Å². The van der Waals surface area contributed by atoms with Gasteiger partial charge < -0.3 is 5.32 Å². The van der Waals surface area contributed by atoms with Gasteiger partial charge in [0, 0.05) is 11.3 Å². The Kier molecular flexibility index (Phi) is 6.94. The Morgan fingerprint density at radius 3 is 2.35 bits per heavy atom. The normalized spacial score (nSPS) is 10.6. The quantitative estimate of drug-likeness (QED) is 0.743. The van der Waals surface area contributed by atoms with Crippen LogP contribution < -0.4 is 5.32 Å². The molecule has 0 bridgehead atoms. The first-order valence-electron chi connectivity index (χ1n) is 7.20. The summed E-state index contributed by atoms with van der Waals surface area (Å²) >= 11 is 0. The third-order valence-corrected chi connectivity index (χ3v) is 3.00. The van der Waals surface area contributed by atoms with Crippen molar-refractivity contribution in [3.63, 3.8) is 0 Å². The van der Waals surface area contributed by atoms with E-state index in [1.807, 2.05) is 0 Å². The molecule has 0 atom stereocenters. The lowest BCUT2D eigenvalue weighted by molar-refractivity contribution is -0.117. The zero-order valence-electron chi connectivity index (χ0n) is 12.6. The summed E-state index contributed by atoms with van der Waals surface area (Å²) in [6.45, 7) is 7.98. The molecular formula is C16H24N2O2. The number of rotatable bonds is 8. The molecule has 1 rings (SSSR count). The van der Waals surface area contributed by atoms with Crippen molar-refractivity contribution < 1.29 is 9.59 Å². The zero-order chi connectivity index (χ0) is 15.0. The summed E-state index contributed by atoms with van der Waals surface area (Å²) in [5.41, 5.74) is 1.29. The van der Waals surface area contributed by atoms with E-state index < -0.39 is 0 Å². The highest BCUT2D eigenvalue weighted by Crippen LogP contribution is 2.11. The molecule has 0 aliphatic rings. The van der Waals surface area contributed by atoms with Crippen molar-refractivity contribution in [2.24, 2.45) is 0 Å². The molecule has 1 aromatic rings. The summed E-state index contributed by atoms with van der Waals surface area (Å²) in [4.78, 5) is 25.5. The number of carbonyl (C=O) groups is 2. The molecule has 0 spiro atoms. The molecule has 0 saturated heterocycles. The number of hydrogen-bond acceptors (Lipinski definition) is 3. The molecule has 0 aromatic heterocycles. The summed E-state index contributed by atoms with van der Waals surface area (Å²) in [6.07, 6.45) is 2.07. The fourth-order valence-electron chi connectivity index (χ4n) is 2.12. The Hall–Kier alpha value is -1.68. The van der Waals surface area contributed by atoms with E-state index >= 15 is 0 Å². The van der Waals surface area contributed by atoms with Gasteiger partial charge in [-0.25, -0.2) is 0 Å². The van der Waals surface area contributed by atoms with E-state index in [1.165, 1.54) is 6.92 Å². The minimum absolute atomic E-state index is 0.000286. The van der Waals surface area contributed by atoms with Crippen LogP contribution in [0.1, 0.15) is 44.0 Å². The van der Waals surface area contributed by atoms with Crippen LogP contribution in [0.15, 0.2) is 24.3 Å². The molecule has 4 nitrogen and oxygen atoms in total. The van der Waals surface area contributed by atoms with Crippen LogP contribution in [0, 0.1) is 0 Å². The van der Waals surface area contributed by atoms with Gasteiger partial charge in [0.05, 0.1) is 6.54 Å². The van der Waals surface area contributed by atoms with Crippen molar-refractivity contribution in [1.82, 2.24) is 4.90 Å². The lowest BCUT2D eigenvalue weighted by Crippen LogP contribution is -2.34. The van der Waals surface area contributed by atoms with Gasteiger partial charge >= 0.3 is 0 Å². The van der Waals surface area contributed by atoms with Gasteiger partial charge in [-0.2, -0.15) is 0 Å². The molecule has 20 heavy (non-hydrogen) atoms. The van der Waals surface area contributed by atoms with Gasteiger partial charge in [0.1, 0.15) is 0 Å². The van der Waals surface area contributed by atoms with E-state index in [9.17, 15) is 9.59 Å². The van der Waals surface area contributed by atoms with Gasteiger partial charge in [-0.3, -0.25) is 14.5 Å². The molecule has 1 amide bonds. The maximum absolute atomic E-state index is 12.0. The molecular weight excluding hydrogens is 252 g/mol. The number of nitrogens with one attached hydrogen (secondary N) is 1. The van der Waals surface area contributed by atoms with Gasteiger partial charge in [0.2, 0.25) is 5.91 Å². The summed E-state index contributed by atoms with van der Waals surface area (Å²) in [6, 6.07) is 7.04. The predicted molar refractivity (Wildman–Crippen MR) is 82.1 cm³/mol. The maximum atomic E-state index is 12.0. The summed E-state index contributed by atoms with van der Waals surface area (Å²) in [5.74, 6) is -0.0349. The van der Waals surface area contributed by atoms with Crippen LogP contribution in [0.25, 0.3) is 0 Å². The summed E-state index contributed by atoms with van der Waals surface area (Å²) in [7, 11) is 0. The van der Waals surface area contributed by atoms with E-state index in [4.69, 9.17) is 0 Å². The summed E-state index contributed by atoms with van der Waals surface area (Å²) < 4.78 is 0. The number of anilines is 1. The van der Waals surface area contributed by atoms with Crippen molar-refractivity contribution >= 4 is 17.4 Å². The molecule has 1 N–H and O–H groups in total. The Balaban J connectivity index is 2.60. The molecule has 0 aliphatic heterocycles. The van der Waals surface area contributed by atoms with Gasteiger partial charge in [0.15, 0.2) is 5.78 Å². The smallest absolute Gasteiger partial charge is 0.238 e. The molecule has 110 valence electrons. The highest BCUT2D eigenvalue weighted by Gasteiger charge is 2.10. The number of hydrogen-bond donors (Lipinski definition) is 1. The van der Waals surface area contributed by atoms with Crippen LogP contribution in [-0.4, -0.2) is 36.2 Å². The Labute approximate surface area is 121 Å². The van der Waals surface area contributed by atoms with Crippen LogP contribution in [0.3, 0.4) is 0 Å². The van der Waals surface area contributed by atoms with Crippen LogP contribution in [0.4, 0.5) is 5.69 Å².